The molecule has 0 saturated heterocycles. The summed E-state index contributed by atoms with van der Waals surface area (Å²) in [5, 5.41) is 3.54. The summed E-state index contributed by atoms with van der Waals surface area (Å²) in [6.07, 6.45) is 2.15. The number of hydrogen-bond donors (Lipinski definition) is 0. The van der Waals surface area contributed by atoms with Crippen LogP contribution in [0.3, 0.4) is 0 Å². The van der Waals surface area contributed by atoms with Crippen LogP contribution in [0.5, 0.6) is 0 Å². The molecule has 5 nitrogen and oxygen atoms in total. The minimum atomic E-state index is 0.598. The molecule has 40 heavy (non-hydrogen) atoms. The zero-order chi connectivity index (χ0) is 26.5. The molecule has 3 aromatic heterocycles. The fourth-order valence-electron chi connectivity index (χ4n) is 5.61. The van der Waals surface area contributed by atoms with Crippen LogP contribution in [0.4, 0.5) is 0 Å². The van der Waals surface area contributed by atoms with Gasteiger partial charge in [0.25, 0.3) is 0 Å². The van der Waals surface area contributed by atoms with Crippen molar-refractivity contribution in [3.8, 4) is 34.4 Å². The highest BCUT2D eigenvalue weighted by Crippen LogP contribution is 2.37. The van der Waals surface area contributed by atoms with E-state index in [0.717, 1.165) is 38.8 Å². The van der Waals surface area contributed by atoms with Crippen molar-refractivity contribution in [1.82, 2.24) is 24.1 Å². The summed E-state index contributed by atoms with van der Waals surface area (Å²) in [5.41, 5.74) is 6.31. The fraction of sp³-hybridized carbons (Fsp3) is 0. The summed E-state index contributed by atoms with van der Waals surface area (Å²) in [6, 6.07) is 45.7. The van der Waals surface area contributed by atoms with Crippen LogP contribution in [-0.4, -0.2) is 24.1 Å². The highest BCUT2D eigenvalue weighted by atomic mass is 15.2. The lowest BCUT2D eigenvalue weighted by atomic mass is 10.1. The van der Waals surface area contributed by atoms with E-state index in [-0.39, 0.29) is 0 Å². The topological polar surface area (TPSA) is 48.5 Å². The summed E-state index contributed by atoms with van der Waals surface area (Å²) >= 11 is 0. The summed E-state index contributed by atoms with van der Waals surface area (Å²) in [4.78, 5) is 15.0. The zero-order valence-electron chi connectivity index (χ0n) is 21.5. The second-order valence-corrected chi connectivity index (χ2v) is 9.78. The molecule has 3 heterocycles. The average Bonchev–Trinajstić information content (AvgIpc) is 3.61. The Bertz CT molecular complexity index is 2090. The molecule has 0 aliphatic rings. The standard InChI is InChI=1S/C35H23N5/c1-4-12-24(13-5-1)33-36-34(25-14-6-2-7-15-25)38-35(37-33)40-30-19-11-10-18-27(30)32-28-22-23-39(26-16-8-3-9-17-26)29(28)20-21-31(32)40/h1-23H. The van der Waals surface area contributed by atoms with E-state index in [1.54, 1.807) is 0 Å². The molecule has 0 amide bonds. The van der Waals surface area contributed by atoms with Crippen LogP contribution in [0.1, 0.15) is 0 Å². The maximum absolute atomic E-state index is 5.04. The van der Waals surface area contributed by atoms with Gasteiger partial charge < -0.3 is 4.57 Å². The van der Waals surface area contributed by atoms with Gasteiger partial charge in [0.15, 0.2) is 11.6 Å². The molecule has 5 heteroatoms. The molecule has 188 valence electrons. The van der Waals surface area contributed by atoms with Gasteiger partial charge in [0.2, 0.25) is 5.95 Å². The fourth-order valence-corrected chi connectivity index (χ4v) is 5.61. The molecule has 0 unspecified atom stereocenters. The first kappa shape index (κ1) is 22.4. The van der Waals surface area contributed by atoms with E-state index >= 15 is 0 Å². The first-order valence-electron chi connectivity index (χ1n) is 13.3. The van der Waals surface area contributed by atoms with Crippen molar-refractivity contribution in [2.24, 2.45) is 0 Å². The van der Waals surface area contributed by atoms with Crippen LogP contribution in [-0.2, 0) is 0 Å². The Morgan fingerprint density at radius 3 is 1.65 bits per heavy atom. The van der Waals surface area contributed by atoms with E-state index in [1.165, 1.54) is 10.8 Å². The minimum Gasteiger partial charge on any atom is -0.317 e. The van der Waals surface area contributed by atoms with Crippen molar-refractivity contribution in [3.63, 3.8) is 0 Å². The van der Waals surface area contributed by atoms with Gasteiger partial charge in [-0.25, -0.2) is 4.98 Å². The maximum Gasteiger partial charge on any atom is 0.238 e. The normalized spacial score (nSPS) is 11.5. The average molecular weight is 514 g/mol. The minimum absolute atomic E-state index is 0.598. The van der Waals surface area contributed by atoms with Crippen molar-refractivity contribution in [1.29, 1.82) is 0 Å². The van der Waals surface area contributed by atoms with E-state index in [9.17, 15) is 0 Å². The van der Waals surface area contributed by atoms with Crippen molar-refractivity contribution in [2.45, 2.75) is 0 Å². The number of rotatable bonds is 4. The third-order valence-electron chi connectivity index (χ3n) is 7.43. The van der Waals surface area contributed by atoms with Gasteiger partial charge >= 0.3 is 0 Å². The SMILES string of the molecule is c1ccc(-c2nc(-c3ccccc3)nc(-n3c4ccccc4c4c5ccn(-c6ccccc6)c5ccc43)n2)cc1. The Labute approximate surface area is 230 Å². The van der Waals surface area contributed by atoms with Crippen LogP contribution in [0.2, 0.25) is 0 Å². The van der Waals surface area contributed by atoms with E-state index in [4.69, 9.17) is 15.0 Å². The molecule has 0 N–H and O–H groups in total. The first-order valence-corrected chi connectivity index (χ1v) is 13.3. The highest BCUT2D eigenvalue weighted by Gasteiger charge is 2.20. The Morgan fingerprint density at radius 1 is 0.425 bits per heavy atom. The number of benzene rings is 5. The molecule has 0 bridgehead atoms. The second kappa shape index (κ2) is 9.03. The van der Waals surface area contributed by atoms with Gasteiger partial charge in [-0.15, -0.1) is 0 Å². The molecular weight excluding hydrogens is 490 g/mol. The van der Waals surface area contributed by atoms with Gasteiger partial charge in [-0.1, -0.05) is 97.1 Å². The van der Waals surface area contributed by atoms with E-state index in [1.807, 2.05) is 66.7 Å². The number of fused-ring (bicyclic) bond motifs is 5. The molecule has 0 saturated carbocycles. The monoisotopic (exact) mass is 513 g/mol. The lowest BCUT2D eigenvalue weighted by Crippen LogP contribution is -2.06. The lowest BCUT2D eigenvalue weighted by Gasteiger charge is -2.11. The van der Waals surface area contributed by atoms with Crippen LogP contribution >= 0.6 is 0 Å². The molecular formula is C35H23N5. The maximum atomic E-state index is 5.04. The second-order valence-electron chi connectivity index (χ2n) is 9.78. The van der Waals surface area contributed by atoms with E-state index in [2.05, 4.69) is 82.1 Å². The van der Waals surface area contributed by atoms with Gasteiger partial charge in [0, 0.05) is 39.2 Å². The third-order valence-corrected chi connectivity index (χ3v) is 7.43. The summed E-state index contributed by atoms with van der Waals surface area (Å²) in [6.45, 7) is 0. The molecule has 0 spiro atoms. The first-order chi connectivity index (χ1) is 19.8. The van der Waals surface area contributed by atoms with Gasteiger partial charge in [-0.3, -0.25) is 4.57 Å². The molecule has 8 rings (SSSR count). The molecule has 0 fully saturated rings. The Kier molecular flexibility index (Phi) is 5.07. The number of aromatic nitrogens is 5. The number of para-hydroxylation sites is 2. The molecule has 0 aliphatic heterocycles. The van der Waals surface area contributed by atoms with E-state index < -0.39 is 0 Å². The Hall–Kier alpha value is -5.55. The molecule has 0 radical (unpaired) electrons. The van der Waals surface area contributed by atoms with Crippen LogP contribution in [0.15, 0.2) is 140 Å². The zero-order valence-corrected chi connectivity index (χ0v) is 21.5. The van der Waals surface area contributed by atoms with Crippen molar-refractivity contribution in [3.05, 3.63) is 140 Å². The lowest BCUT2D eigenvalue weighted by molar-refractivity contribution is 0.953. The Morgan fingerprint density at radius 2 is 0.975 bits per heavy atom. The number of nitrogens with zero attached hydrogens (tertiary/aromatic N) is 5. The summed E-state index contributed by atoms with van der Waals surface area (Å²) < 4.78 is 4.41. The van der Waals surface area contributed by atoms with Crippen molar-refractivity contribution < 1.29 is 0 Å². The van der Waals surface area contributed by atoms with Crippen molar-refractivity contribution in [2.75, 3.05) is 0 Å². The summed E-state index contributed by atoms with van der Waals surface area (Å²) in [5.74, 6) is 1.89. The quantitative estimate of drug-likeness (QED) is 0.238. The molecule has 0 aliphatic carbocycles. The van der Waals surface area contributed by atoms with Crippen LogP contribution in [0.25, 0.3) is 67.1 Å². The molecule has 0 atom stereocenters. The summed E-state index contributed by atoms with van der Waals surface area (Å²) in [7, 11) is 0. The smallest absolute Gasteiger partial charge is 0.238 e. The predicted molar refractivity (Wildman–Crippen MR) is 162 cm³/mol. The van der Waals surface area contributed by atoms with Crippen LogP contribution in [0, 0.1) is 0 Å². The highest BCUT2D eigenvalue weighted by molar-refractivity contribution is 6.21. The molecule has 5 aromatic carbocycles. The third kappa shape index (κ3) is 3.52. The van der Waals surface area contributed by atoms with E-state index in [0.29, 0.717) is 17.6 Å². The van der Waals surface area contributed by atoms with Gasteiger partial charge in [-0.2, -0.15) is 9.97 Å². The largest absolute Gasteiger partial charge is 0.317 e. The molecule has 8 aromatic rings. The Balaban J connectivity index is 1.44. The van der Waals surface area contributed by atoms with Crippen molar-refractivity contribution >= 4 is 32.7 Å². The van der Waals surface area contributed by atoms with Crippen LogP contribution < -0.4 is 0 Å². The van der Waals surface area contributed by atoms with Gasteiger partial charge in [-0.05, 0) is 36.4 Å². The predicted octanol–water partition coefficient (Wildman–Crippen LogP) is 8.25. The van der Waals surface area contributed by atoms with Gasteiger partial charge in [0.1, 0.15) is 0 Å². The number of hydrogen-bond acceptors (Lipinski definition) is 3. The van der Waals surface area contributed by atoms with Gasteiger partial charge in [0.05, 0.1) is 16.6 Å².